The Hall–Kier alpha value is -0.620. The number of ether oxygens (including phenoxy) is 1. The number of carbonyl (C=O) groups is 1. The van der Waals surface area contributed by atoms with Crippen LogP contribution in [0.4, 0.5) is 0 Å². The van der Waals surface area contributed by atoms with Crippen molar-refractivity contribution in [2.24, 2.45) is 5.73 Å². The Morgan fingerprint density at radius 3 is 2.67 bits per heavy atom. The second-order valence-electron chi connectivity index (χ2n) is 4.20. The van der Waals surface area contributed by atoms with Crippen LogP contribution in [0, 0.1) is 0 Å². The topological polar surface area (TPSA) is 55.6 Å². The summed E-state index contributed by atoms with van der Waals surface area (Å²) in [6.45, 7) is 4.86. The largest absolute Gasteiger partial charge is 0.383 e. The summed E-state index contributed by atoms with van der Waals surface area (Å²) in [5.41, 5.74) is 5.78. The molecule has 0 aliphatic heterocycles. The molecule has 1 heterocycles. The molecule has 1 aromatic heterocycles. The molecule has 18 heavy (non-hydrogen) atoms. The normalized spacial score (nSPS) is 12.1. The molecule has 0 bridgehead atoms. The van der Waals surface area contributed by atoms with Crippen LogP contribution in [-0.4, -0.2) is 36.6 Å². The summed E-state index contributed by atoms with van der Waals surface area (Å²) in [7, 11) is 1.55. The zero-order valence-electron chi connectivity index (χ0n) is 11.0. The summed E-state index contributed by atoms with van der Waals surface area (Å²) in [6, 6.07) is 3.56. The lowest BCUT2D eigenvalue weighted by Crippen LogP contribution is -2.48. The van der Waals surface area contributed by atoms with E-state index in [4.69, 9.17) is 10.5 Å². The summed E-state index contributed by atoms with van der Waals surface area (Å²) >= 11 is 1.65. The molecular weight excluding hydrogens is 272 g/mol. The van der Waals surface area contributed by atoms with Crippen LogP contribution in [-0.2, 0) is 16.1 Å². The molecule has 1 aromatic rings. The maximum atomic E-state index is 12.1. The molecule has 1 amide bonds. The molecule has 1 rings (SSSR count). The summed E-state index contributed by atoms with van der Waals surface area (Å²) < 4.78 is 4.92. The Balaban J connectivity index is 0.00000289. The first-order valence-electron chi connectivity index (χ1n) is 5.63. The summed E-state index contributed by atoms with van der Waals surface area (Å²) in [4.78, 5) is 15.1. The molecule has 6 heteroatoms. The second kappa shape index (κ2) is 8.48. The van der Waals surface area contributed by atoms with Crippen LogP contribution in [0.5, 0.6) is 0 Å². The lowest BCUT2D eigenvalue weighted by atomic mass is 10.2. The van der Waals surface area contributed by atoms with Gasteiger partial charge >= 0.3 is 0 Å². The van der Waals surface area contributed by atoms with Crippen LogP contribution < -0.4 is 5.73 Å². The number of methoxy groups -OCH3 is 1. The van der Waals surface area contributed by atoms with E-state index in [1.807, 2.05) is 31.4 Å². The van der Waals surface area contributed by atoms with Crippen molar-refractivity contribution in [3.63, 3.8) is 0 Å². The average molecular weight is 293 g/mol. The Labute approximate surface area is 119 Å². The van der Waals surface area contributed by atoms with Crippen molar-refractivity contribution in [1.29, 1.82) is 0 Å². The Morgan fingerprint density at radius 2 is 2.22 bits per heavy atom. The minimum absolute atomic E-state index is 0. The highest BCUT2D eigenvalue weighted by Gasteiger charge is 2.23. The maximum absolute atomic E-state index is 12.1. The molecule has 0 aliphatic carbocycles. The third-order valence-electron chi connectivity index (χ3n) is 2.48. The average Bonchev–Trinajstić information content (AvgIpc) is 2.77. The zero-order valence-corrected chi connectivity index (χ0v) is 12.6. The van der Waals surface area contributed by atoms with Gasteiger partial charge in [-0.1, -0.05) is 6.07 Å². The number of rotatable bonds is 6. The third kappa shape index (κ3) is 4.94. The van der Waals surface area contributed by atoms with Gasteiger partial charge < -0.3 is 15.4 Å². The van der Waals surface area contributed by atoms with Gasteiger partial charge in [-0.25, -0.2) is 0 Å². The van der Waals surface area contributed by atoms with Gasteiger partial charge in [-0.2, -0.15) is 0 Å². The highest BCUT2D eigenvalue weighted by Crippen LogP contribution is 2.14. The fourth-order valence-corrected chi connectivity index (χ4v) is 2.25. The van der Waals surface area contributed by atoms with Gasteiger partial charge in [0.25, 0.3) is 0 Å². The molecule has 1 unspecified atom stereocenters. The Kier molecular flexibility index (Phi) is 8.18. The molecule has 0 aromatic carbocycles. The number of hydrogen-bond donors (Lipinski definition) is 1. The fourth-order valence-electron chi connectivity index (χ4n) is 1.55. The summed E-state index contributed by atoms with van der Waals surface area (Å²) in [6.07, 6.45) is 0. The van der Waals surface area contributed by atoms with Crippen molar-refractivity contribution in [1.82, 2.24) is 4.90 Å². The molecule has 2 N–H and O–H groups in total. The van der Waals surface area contributed by atoms with Crippen LogP contribution in [0.3, 0.4) is 0 Å². The molecule has 0 spiro atoms. The van der Waals surface area contributed by atoms with E-state index < -0.39 is 6.04 Å². The smallest absolute Gasteiger partial charge is 0.242 e. The van der Waals surface area contributed by atoms with Crippen molar-refractivity contribution in [2.75, 3.05) is 13.7 Å². The first-order chi connectivity index (χ1) is 8.06. The molecular formula is C12H21ClN2O2S. The van der Waals surface area contributed by atoms with E-state index >= 15 is 0 Å². The van der Waals surface area contributed by atoms with Gasteiger partial charge in [-0.05, 0) is 25.3 Å². The number of carbonyl (C=O) groups excluding carboxylic acids is 1. The number of thiophene rings is 1. The highest BCUT2D eigenvalue weighted by molar-refractivity contribution is 7.09. The number of nitrogens with zero attached hydrogens (tertiary/aromatic N) is 1. The van der Waals surface area contributed by atoms with Crippen LogP contribution in [0.25, 0.3) is 0 Å². The van der Waals surface area contributed by atoms with Crippen molar-refractivity contribution in [2.45, 2.75) is 32.5 Å². The Morgan fingerprint density at radius 1 is 1.56 bits per heavy atom. The fraction of sp³-hybridized carbons (Fsp3) is 0.583. The van der Waals surface area contributed by atoms with Gasteiger partial charge in [0, 0.05) is 18.0 Å². The molecule has 0 saturated carbocycles. The molecule has 0 saturated heterocycles. The first-order valence-corrected chi connectivity index (χ1v) is 6.51. The molecule has 0 aliphatic rings. The van der Waals surface area contributed by atoms with E-state index in [1.165, 1.54) is 0 Å². The van der Waals surface area contributed by atoms with Crippen molar-refractivity contribution in [3.05, 3.63) is 22.4 Å². The van der Waals surface area contributed by atoms with Gasteiger partial charge in [-0.3, -0.25) is 4.79 Å². The Bertz CT molecular complexity index is 344. The molecule has 104 valence electrons. The summed E-state index contributed by atoms with van der Waals surface area (Å²) in [5.74, 6) is -0.0600. The van der Waals surface area contributed by atoms with Crippen LogP contribution >= 0.6 is 23.7 Å². The number of hydrogen-bond acceptors (Lipinski definition) is 4. The lowest BCUT2D eigenvalue weighted by molar-refractivity contribution is -0.136. The van der Waals surface area contributed by atoms with E-state index in [1.54, 1.807) is 23.3 Å². The van der Waals surface area contributed by atoms with E-state index in [9.17, 15) is 4.79 Å². The van der Waals surface area contributed by atoms with E-state index in [-0.39, 0.29) is 31.0 Å². The van der Waals surface area contributed by atoms with Crippen LogP contribution in [0.2, 0.25) is 0 Å². The van der Waals surface area contributed by atoms with Gasteiger partial charge in [0.15, 0.2) is 0 Å². The van der Waals surface area contributed by atoms with Gasteiger partial charge in [0.1, 0.15) is 6.04 Å². The number of halogens is 1. The van der Waals surface area contributed by atoms with Crippen LogP contribution in [0.15, 0.2) is 17.5 Å². The van der Waals surface area contributed by atoms with E-state index in [0.29, 0.717) is 6.54 Å². The molecule has 0 radical (unpaired) electrons. The van der Waals surface area contributed by atoms with Crippen molar-refractivity contribution in [3.8, 4) is 0 Å². The van der Waals surface area contributed by atoms with Crippen molar-refractivity contribution < 1.29 is 9.53 Å². The second-order valence-corrected chi connectivity index (χ2v) is 5.23. The van der Waals surface area contributed by atoms with Crippen molar-refractivity contribution >= 4 is 29.7 Å². The predicted octanol–water partition coefficient (Wildman–Crippen LogP) is 1.88. The van der Waals surface area contributed by atoms with Gasteiger partial charge in [0.05, 0.1) is 13.2 Å². The molecule has 1 atom stereocenters. The minimum atomic E-state index is -0.581. The van der Waals surface area contributed by atoms with Gasteiger partial charge in [0.2, 0.25) is 5.91 Å². The van der Waals surface area contributed by atoms with Crippen LogP contribution in [0.1, 0.15) is 18.7 Å². The van der Waals surface area contributed by atoms with E-state index in [2.05, 4.69) is 0 Å². The predicted molar refractivity (Wildman–Crippen MR) is 77.1 cm³/mol. The number of nitrogens with two attached hydrogens (primary N) is 1. The zero-order chi connectivity index (χ0) is 12.8. The molecule has 0 fully saturated rings. The van der Waals surface area contributed by atoms with Gasteiger partial charge in [-0.15, -0.1) is 23.7 Å². The van der Waals surface area contributed by atoms with E-state index in [0.717, 1.165) is 4.88 Å². The highest BCUT2D eigenvalue weighted by atomic mass is 35.5. The first kappa shape index (κ1) is 17.4. The monoisotopic (exact) mass is 292 g/mol. The standard InChI is InChI=1S/C12H20N2O2S.ClH/c1-9(2)14(7-10-5-4-6-17-10)12(15)11(13)8-16-3;/h4-6,9,11H,7-8,13H2,1-3H3;1H. The third-order valence-corrected chi connectivity index (χ3v) is 3.34. The lowest BCUT2D eigenvalue weighted by Gasteiger charge is -2.28. The SMILES string of the molecule is COCC(N)C(=O)N(Cc1cccs1)C(C)C.Cl. The minimum Gasteiger partial charge on any atom is -0.383 e. The number of amides is 1. The summed E-state index contributed by atoms with van der Waals surface area (Å²) in [5, 5.41) is 2.01. The maximum Gasteiger partial charge on any atom is 0.242 e. The molecule has 4 nitrogen and oxygen atoms in total. The quantitative estimate of drug-likeness (QED) is 0.871.